The van der Waals surface area contributed by atoms with Crippen molar-refractivity contribution in [3.05, 3.63) is 30.0 Å². The summed E-state index contributed by atoms with van der Waals surface area (Å²) < 4.78 is 5.21. The molecule has 114 valence electrons. The number of ether oxygens (including phenoxy) is 1. The Kier molecular flexibility index (Phi) is 4.82. The van der Waals surface area contributed by atoms with Crippen LogP contribution < -0.4 is 4.74 Å². The number of aliphatic hydroxyl groups excluding tert-OH is 1. The van der Waals surface area contributed by atoms with Gasteiger partial charge in [-0.1, -0.05) is 6.92 Å². The zero-order valence-corrected chi connectivity index (χ0v) is 12.2. The van der Waals surface area contributed by atoms with Gasteiger partial charge in [-0.25, -0.2) is 0 Å². The van der Waals surface area contributed by atoms with Gasteiger partial charge in [0.1, 0.15) is 11.8 Å². The van der Waals surface area contributed by atoms with E-state index in [1.54, 1.807) is 18.2 Å². The lowest BCUT2D eigenvalue weighted by molar-refractivity contribution is -0.143. The van der Waals surface area contributed by atoms with Crippen LogP contribution in [0, 0.1) is 0 Å². The van der Waals surface area contributed by atoms with Crippen molar-refractivity contribution in [1.29, 1.82) is 0 Å². The Hall–Kier alpha value is -2.05. The summed E-state index contributed by atoms with van der Waals surface area (Å²) >= 11 is 0. The average Bonchev–Trinajstić information content (AvgIpc) is 2.89. The summed E-state index contributed by atoms with van der Waals surface area (Å²) in [4.78, 5) is 16.5. The molecule has 0 spiro atoms. The first kappa shape index (κ1) is 15.3. The van der Waals surface area contributed by atoms with Crippen LogP contribution in [0.3, 0.4) is 0 Å². The normalized spacial score (nSPS) is 12.8. The number of aromatic amines is 1. The van der Waals surface area contributed by atoms with E-state index in [9.17, 15) is 9.90 Å². The summed E-state index contributed by atoms with van der Waals surface area (Å²) in [5.41, 5.74) is 1.53. The maximum Gasteiger partial charge on any atom is 0.325 e. The lowest BCUT2D eigenvalue weighted by atomic mass is 10.0. The van der Waals surface area contributed by atoms with E-state index in [1.807, 2.05) is 25.1 Å². The molecular weight excluding hydrogens is 272 g/mol. The van der Waals surface area contributed by atoms with E-state index >= 15 is 0 Å². The van der Waals surface area contributed by atoms with Gasteiger partial charge in [0.15, 0.2) is 0 Å². The highest BCUT2D eigenvalue weighted by Crippen LogP contribution is 2.31. The van der Waals surface area contributed by atoms with E-state index < -0.39 is 12.0 Å². The van der Waals surface area contributed by atoms with Crippen molar-refractivity contribution < 1.29 is 19.7 Å². The summed E-state index contributed by atoms with van der Waals surface area (Å²) in [6, 6.07) is 4.70. The molecule has 2 aromatic rings. The first-order chi connectivity index (χ1) is 10.1. The maximum absolute atomic E-state index is 11.7. The molecule has 0 fully saturated rings. The van der Waals surface area contributed by atoms with Gasteiger partial charge >= 0.3 is 5.97 Å². The van der Waals surface area contributed by atoms with Crippen LogP contribution in [0.25, 0.3) is 10.9 Å². The topological polar surface area (TPSA) is 85.8 Å². The number of aliphatic carboxylic acids is 1. The number of carboxylic acid groups (broad SMARTS) is 1. The quantitative estimate of drug-likeness (QED) is 0.722. The molecule has 0 saturated carbocycles. The molecular formula is C15H20N2O4. The molecule has 1 heterocycles. The predicted octanol–water partition coefficient (Wildman–Crippen LogP) is 1.62. The Balaban J connectivity index is 2.51. The number of hydrogen-bond donors (Lipinski definition) is 3. The van der Waals surface area contributed by atoms with E-state index in [1.165, 1.54) is 0 Å². The largest absolute Gasteiger partial charge is 0.497 e. The molecule has 1 atom stereocenters. The van der Waals surface area contributed by atoms with Gasteiger partial charge in [-0.3, -0.25) is 9.69 Å². The molecule has 3 N–H and O–H groups in total. The Labute approximate surface area is 123 Å². The number of carboxylic acids is 1. The molecule has 6 nitrogen and oxygen atoms in total. The average molecular weight is 292 g/mol. The molecule has 1 aromatic heterocycles. The summed E-state index contributed by atoms with van der Waals surface area (Å²) in [5, 5.41) is 19.5. The fourth-order valence-electron chi connectivity index (χ4n) is 2.56. The number of aliphatic hydroxyl groups is 1. The monoisotopic (exact) mass is 292 g/mol. The standard InChI is InChI=1S/C15H20N2O4/c1-3-17(6-7-18)14(15(19)20)12-9-16-13-5-4-10(21-2)8-11(12)13/h4-5,8-9,14,16,18H,3,6-7H2,1-2H3,(H,19,20). The van der Waals surface area contributed by atoms with Crippen LogP contribution >= 0.6 is 0 Å². The third kappa shape index (κ3) is 3.01. The minimum Gasteiger partial charge on any atom is -0.497 e. The van der Waals surface area contributed by atoms with Gasteiger partial charge in [-0.05, 0) is 24.7 Å². The smallest absolute Gasteiger partial charge is 0.325 e. The highest BCUT2D eigenvalue weighted by molar-refractivity contribution is 5.90. The minimum atomic E-state index is -0.936. The number of benzene rings is 1. The number of likely N-dealkylation sites (N-methyl/N-ethyl adjacent to an activating group) is 1. The first-order valence-corrected chi connectivity index (χ1v) is 6.85. The van der Waals surface area contributed by atoms with E-state index in [4.69, 9.17) is 9.84 Å². The van der Waals surface area contributed by atoms with Crippen LogP contribution in [0.1, 0.15) is 18.5 Å². The predicted molar refractivity (Wildman–Crippen MR) is 79.6 cm³/mol. The summed E-state index contributed by atoms with van der Waals surface area (Å²) in [7, 11) is 1.58. The second-order valence-corrected chi connectivity index (χ2v) is 4.75. The Morgan fingerprint density at radius 3 is 2.81 bits per heavy atom. The Morgan fingerprint density at radius 2 is 2.24 bits per heavy atom. The van der Waals surface area contributed by atoms with Gasteiger partial charge in [0.25, 0.3) is 0 Å². The molecule has 0 bridgehead atoms. The van der Waals surface area contributed by atoms with E-state index in [0.29, 0.717) is 24.4 Å². The number of H-pyrrole nitrogens is 1. The number of fused-ring (bicyclic) bond motifs is 1. The number of nitrogens with one attached hydrogen (secondary N) is 1. The number of hydrogen-bond acceptors (Lipinski definition) is 4. The van der Waals surface area contributed by atoms with Gasteiger partial charge in [0, 0.05) is 29.2 Å². The molecule has 0 saturated heterocycles. The van der Waals surface area contributed by atoms with Crippen LogP contribution in [0.4, 0.5) is 0 Å². The number of methoxy groups -OCH3 is 1. The second kappa shape index (κ2) is 6.60. The van der Waals surface area contributed by atoms with Crippen LogP contribution in [0.5, 0.6) is 5.75 Å². The highest BCUT2D eigenvalue weighted by atomic mass is 16.5. The molecule has 21 heavy (non-hydrogen) atoms. The van der Waals surface area contributed by atoms with Gasteiger partial charge in [-0.2, -0.15) is 0 Å². The first-order valence-electron chi connectivity index (χ1n) is 6.85. The number of rotatable bonds is 7. The van der Waals surface area contributed by atoms with Crippen molar-refractivity contribution in [2.24, 2.45) is 0 Å². The molecule has 1 unspecified atom stereocenters. The summed E-state index contributed by atoms with van der Waals surface area (Å²) in [6.45, 7) is 2.64. The maximum atomic E-state index is 11.7. The van der Waals surface area contributed by atoms with Crippen LogP contribution in [0.2, 0.25) is 0 Å². The van der Waals surface area contributed by atoms with Crippen molar-refractivity contribution >= 4 is 16.9 Å². The van der Waals surface area contributed by atoms with Crippen LogP contribution in [0.15, 0.2) is 24.4 Å². The van der Waals surface area contributed by atoms with Crippen LogP contribution in [-0.2, 0) is 4.79 Å². The summed E-state index contributed by atoms with van der Waals surface area (Å²) in [6.07, 6.45) is 1.71. The summed E-state index contributed by atoms with van der Waals surface area (Å²) in [5.74, 6) is -0.258. The van der Waals surface area contributed by atoms with Crippen LogP contribution in [-0.4, -0.2) is 52.9 Å². The zero-order valence-electron chi connectivity index (χ0n) is 12.2. The lowest BCUT2D eigenvalue weighted by Gasteiger charge is -2.26. The zero-order chi connectivity index (χ0) is 15.4. The van der Waals surface area contributed by atoms with Gasteiger partial charge in [0.05, 0.1) is 13.7 Å². The fourth-order valence-corrected chi connectivity index (χ4v) is 2.56. The fraction of sp³-hybridized carbons (Fsp3) is 0.400. The molecule has 6 heteroatoms. The van der Waals surface area contributed by atoms with Crippen molar-refractivity contribution in [2.75, 3.05) is 26.8 Å². The molecule has 0 amide bonds. The van der Waals surface area contributed by atoms with Crippen molar-refractivity contribution in [1.82, 2.24) is 9.88 Å². The number of carbonyl (C=O) groups is 1. The van der Waals surface area contributed by atoms with E-state index in [-0.39, 0.29) is 6.61 Å². The molecule has 1 aromatic carbocycles. The second-order valence-electron chi connectivity index (χ2n) is 4.75. The minimum absolute atomic E-state index is 0.0801. The Bertz CT molecular complexity index is 623. The number of nitrogens with zero attached hydrogens (tertiary/aromatic N) is 1. The van der Waals surface area contributed by atoms with E-state index in [2.05, 4.69) is 4.98 Å². The van der Waals surface area contributed by atoms with Gasteiger partial charge in [0.2, 0.25) is 0 Å². The molecule has 2 rings (SSSR count). The molecule has 0 radical (unpaired) electrons. The van der Waals surface area contributed by atoms with Crippen molar-refractivity contribution in [2.45, 2.75) is 13.0 Å². The van der Waals surface area contributed by atoms with Crippen molar-refractivity contribution in [3.63, 3.8) is 0 Å². The van der Waals surface area contributed by atoms with Gasteiger partial charge in [-0.15, -0.1) is 0 Å². The highest BCUT2D eigenvalue weighted by Gasteiger charge is 2.28. The van der Waals surface area contributed by atoms with Crippen molar-refractivity contribution in [3.8, 4) is 5.75 Å². The molecule has 0 aliphatic heterocycles. The lowest BCUT2D eigenvalue weighted by Crippen LogP contribution is -2.36. The third-order valence-electron chi connectivity index (χ3n) is 3.61. The third-order valence-corrected chi connectivity index (χ3v) is 3.61. The SMILES string of the molecule is CCN(CCO)C(C(=O)O)c1c[nH]c2ccc(OC)cc12. The number of aromatic nitrogens is 1. The molecule has 0 aliphatic rings. The van der Waals surface area contributed by atoms with E-state index in [0.717, 1.165) is 10.9 Å². The van der Waals surface area contributed by atoms with Gasteiger partial charge < -0.3 is 19.9 Å². The Morgan fingerprint density at radius 1 is 1.48 bits per heavy atom. The molecule has 0 aliphatic carbocycles.